The van der Waals surface area contributed by atoms with Gasteiger partial charge in [-0.3, -0.25) is 4.99 Å². The molecule has 23 heavy (non-hydrogen) atoms. The molecule has 1 aliphatic carbocycles. The van der Waals surface area contributed by atoms with Crippen molar-refractivity contribution >= 4 is 5.96 Å². The van der Waals surface area contributed by atoms with Crippen LogP contribution in [0.3, 0.4) is 0 Å². The number of piperidine rings is 1. The van der Waals surface area contributed by atoms with Gasteiger partial charge in [0.25, 0.3) is 0 Å². The van der Waals surface area contributed by atoms with Crippen LogP contribution in [-0.4, -0.2) is 74.2 Å². The first kappa shape index (κ1) is 18.5. The maximum Gasteiger partial charge on any atom is 0.191 e. The molecule has 0 radical (unpaired) electrons. The van der Waals surface area contributed by atoms with Crippen LogP contribution in [0.5, 0.6) is 0 Å². The molecule has 2 rings (SSSR count). The largest absolute Gasteiger partial charge is 0.357 e. The average Bonchev–Trinajstić information content (AvgIpc) is 3.32. The zero-order valence-corrected chi connectivity index (χ0v) is 15.8. The lowest BCUT2D eigenvalue weighted by Crippen LogP contribution is -2.50. The maximum absolute atomic E-state index is 4.88. The van der Waals surface area contributed by atoms with Crippen LogP contribution in [0.2, 0.25) is 0 Å². The summed E-state index contributed by atoms with van der Waals surface area (Å²) in [7, 11) is 4.36. The number of aliphatic imine (C=N–C) groups is 1. The van der Waals surface area contributed by atoms with Gasteiger partial charge in [0, 0.05) is 37.8 Å². The van der Waals surface area contributed by atoms with E-state index in [2.05, 4.69) is 55.3 Å². The zero-order valence-electron chi connectivity index (χ0n) is 15.8. The van der Waals surface area contributed by atoms with E-state index in [0.29, 0.717) is 18.1 Å². The van der Waals surface area contributed by atoms with Gasteiger partial charge in [0.15, 0.2) is 5.96 Å². The Morgan fingerprint density at radius 3 is 2.30 bits per heavy atom. The van der Waals surface area contributed by atoms with E-state index < -0.39 is 0 Å². The van der Waals surface area contributed by atoms with Gasteiger partial charge in [-0.1, -0.05) is 0 Å². The molecule has 5 nitrogen and oxygen atoms in total. The van der Waals surface area contributed by atoms with Crippen LogP contribution in [0.1, 0.15) is 46.5 Å². The van der Waals surface area contributed by atoms with Crippen molar-refractivity contribution in [3.05, 3.63) is 0 Å². The minimum atomic E-state index is 0.557. The SMILES string of the molecule is CCNC(=NCC(C1CC1)N(C)C)NC1CCN(C(C)C)CC1. The summed E-state index contributed by atoms with van der Waals surface area (Å²) in [6.45, 7) is 10.9. The summed E-state index contributed by atoms with van der Waals surface area (Å²) in [5.41, 5.74) is 0. The second-order valence-electron chi connectivity index (χ2n) is 7.64. The Hall–Kier alpha value is -0.810. The Morgan fingerprint density at radius 2 is 1.83 bits per heavy atom. The first-order chi connectivity index (χ1) is 11.0. The van der Waals surface area contributed by atoms with Crippen LogP contribution in [0.25, 0.3) is 0 Å². The molecule has 1 atom stereocenters. The van der Waals surface area contributed by atoms with Crippen molar-refractivity contribution < 1.29 is 0 Å². The number of rotatable bonds is 7. The molecule has 2 fully saturated rings. The summed E-state index contributed by atoms with van der Waals surface area (Å²) in [6, 6.07) is 1.81. The molecule has 1 aliphatic heterocycles. The molecule has 1 heterocycles. The molecule has 2 aliphatic rings. The summed E-state index contributed by atoms with van der Waals surface area (Å²) in [4.78, 5) is 9.79. The van der Waals surface area contributed by atoms with E-state index in [4.69, 9.17) is 4.99 Å². The lowest BCUT2D eigenvalue weighted by atomic mass is 10.0. The number of nitrogens with zero attached hydrogens (tertiary/aromatic N) is 3. The van der Waals surface area contributed by atoms with Gasteiger partial charge in [0.1, 0.15) is 0 Å². The van der Waals surface area contributed by atoms with E-state index in [1.165, 1.54) is 38.8 Å². The summed E-state index contributed by atoms with van der Waals surface area (Å²) < 4.78 is 0. The van der Waals surface area contributed by atoms with Gasteiger partial charge in [-0.15, -0.1) is 0 Å². The molecular formula is C18H37N5. The summed E-state index contributed by atoms with van der Waals surface area (Å²) >= 11 is 0. The quantitative estimate of drug-likeness (QED) is 0.553. The molecule has 0 spiro atoms. The Morgan fingerprint density at radius 1 is 1.17 bits per heavy atom. The molecule has 134 valence electrons. The fraction of sp³-hybridized carbons (Fsp3) is 0.944. The topological polar surface area (TPSA) is 42.9 Å². The van der Waals surface area contributed by atoms with Gasteiger partial charge in [-0.2, -0.15) is 0 Å². The number of hydrogen-bond donors (Lipinski definition) is 2. The van der Waals surface area contributed by atoms with Gasteiger partial charge in [-0.25, -0.2) is 0 Å². The minimum Gasteiger partial charge on any atom is -0.357 e. The molecule has 1 unspecified atom stereocenters. The molecule has 0 aromatic rings. The van der Waals surface area contributed by atoms with Crippen LogP contribution in [-0.2, 0) is 0 Å². The van der Waals surface area contributed by atoms with Crippen molar-refractivity contribution in [2.24, 2.45) is 10.9 Å². The molecule has 0 aromatic carbocycles. The van der Waals surface area contributed by atoms with E-state index >= 15 is 0 Å². The van der Waals surface area contributed by atoms with Gasteiger partial charge in [0.05, 0.1) is 6.54 Å². The van der Waals surface area contributed by atoms with Crippen molar-refractivity contribution in [2.45, 2.75) is 64.6 Å². The fourth-order valence-corrected chi connectivity index (χ4v) is 3.47. The van der Waals surface area contributed by atoms with Crippen molar-refractivity contribution in [1.29, 1.82) is 0 Å². The van der Waals surface area contributed by atoms with Gasteiger partial charge in [0.2, 0.25) is 0 Å². The van der Waals surface area contributed by atoms with Gasteiger partial charge >= 0.3 is 0 Å². The van der Waals surface area contributed by atoms with Crippen LogP contribution in [0, 0.1) is 5.92 Å². The lowest BCUT2D eigenvalue weighted by Gasteiger charge is -2.35. The van der Waals surface area contributed by atoms with Crippen molar-refractivity contribution in [3.63, 3.8) is 0 Å². The van der Waals surface area contributed by atoms with Crippen LogP contribution < -0.4 is 10.6 Å². The number of likely N-dealkylation sites (tertiary alicyclic amines) is 1. The summed E-state index contributed by atoms with van der Waals surface area (Å²) in [5, 5.41) is 7.09. The normalized spacial score (nSPS) is 22.7. The third-order valence-corrected chi connectivity index (χ3v) is 5.21. The smallest absolute Gasteiger partial charge is 0.191 e. The van der Waals surface area contributed by atoms with E-state index in [1.807, 2.05) is 0 Å². The first-order valence-corrected chi connectivity index (χ1v) is 9.46. The number of hydrogen-bond acceptors (Lipinski definition) is 3. The molecule has 5 heteroatoms. The van der Waals surface area contributed by atoms with Crippen LogP contribution in [0.15, 0.2) is 4.99 Å². The highest BCUT2D eigenvalue weighted by molar-refractivity contribution is 5.80. The second kappa shape index (κ2) is 8.88. The molecular weight excluding hydrogens is 286 g/mol. The summed E-state index contributed by atoms with van der Waals surface area (Å²) in [5.74, 6) is 1.86. The summed E-state index contributed by atoms with van der Waals surface area (Å²) in [6.07, 6.45) is 5.16. The molecule has 1 saturated carbocycles. The molecule has 0 aromatic heterocycles. The van der Waals surface area contributed by atoms with Gasteiger partial charge < -0.3 is 20.4 Å². The van der Waals surface area contributed by atoms with Crippen molar-refractivity contribution in [3.8, 4) is 0 Å². The number of guanidine groups is 1. The molecule has 0 amide bonds. The third kappa shape index (κ3) is 5.96. The zero-order chi connectivity index (χ0) is 16.8. The van der Waals surface area contributed by atoms with E-state index in [9.17, 15) is 0 Å². The van der Waals surface area contributed by atoms with Crippen molar-refractivity contribution in [2.75, 3.05) is 40.3 Å². The Kier molecular flexibility index (Phi) is 7.15. The molecule has 1 saturated heterocycles. The van der Waals surface area contributed by atoms with Crippen LogP contribution >= 0.6 is 0 Å². The number of nitrogens with one attached hydrogen (secondary N) is 2. The van der Waals surface area contributed by atoms with Gasteiger partial charge in [-0.05, 0) is 66.5 Å². The Bertz CT molecular complexity index is 366. The fourth-order valence-electron chi connectivity index (χ4n) is 3.47. The predicted octanol–water partition coefficient (Wildman–Crippen LogP) is 1.75. The molecule has 0 bridgehead atoms. The van der Waals surface area contributed by atoms with E-state index in [0.717, 1.165) is 25.0 Å². The van der Waals surface area contributed by atoms with Crippen molar-refractivity contribution in [1.82, 2.24) is 20.4 Å². The van der Waals surface area contributed by atoms with Crippen LogP contribution in [0.4, 0.5) is 0 Å². The Balaban J connectivity index is 1.84. The lowest BCUT2D eigenvalue weighted by molar-refractivity contribution is 0.167. The highest BCUT2D eigenvalue weighted by Gasteiger charge is 2.32. The third-order valence-electron chi connectivity index (χ3n) is 5.21. The number of likely N-dealkylation sites (N-methyl/N-ethyl adjacent to an activating group) is 1. The molecule has 2 N–H and O–H groups in total. The van der Waals surface area contributed by atoms with E-state index in [1.54, 1.807) is 0 Å². The highest BCUT2D eigenvalue weighted by atomic mass is 15.2. The second-order valence-corrected chi connectivity index (χ2v) is 7.64. The predicted molar refractivity (Wildman–Crippen MR) is 99.0 cm³/mol. The standard InChI is InChI=1S/C18H37N5/c1-6-19-18(20-13-17(22(4)5)15-7-8-15)21-16-9-11-23(12-10-16)14(2)3/h14-17H,6-13H2,1-5H3,(H2,19,20,21). The highest BCUT2D eigenvalue weighted by Crippen LogP contribution is 2.34. The average molecular weight is 324 g/mol. The monoisotopic (exact) mass is 323 g/mol. The van der Waals surface area contributed by atoms with E-state index in [-0.39, 0.29) is 0 Å². The first-order valence-electron chi connectivity index (χ1n) is 9.46. The minimum absolute atomic E-state index is 0.557. The Labute approximate surface area is 142 Å². The maximum atomic E-state index is 4.88.